The van der Waals surface area contributed by atoms with Crippen LogP contribution in [0.25, 0.3) is 0 Å². The van der Waals surface area contributed by atoms with E-state index in [1.807, 2.05) is 32.5 Å². The highest BCUT2D eigenvalue weighted by Crippen LogP contribution is 2.29. The molecule has 0 spiro atoms. The molecule has 0 radical (unpaired) electrons. The lowest BCUT2D eigenvalue weighted by atomic mass is 9.89. The number of rotatable bonds is 5. The van der Waals surface area contributed by atoms with E-state index in [-0.39, 0.29) is 17.5 Å². The summed E-state index contributed by atoms with van der Waals surface area (Å²) in [4.78, 5) is 11.8. The zero-order valence-electron chi connectivity index (χ0n) is 12.5. The Morgan fingerprint density at radius 1 is 1.42 bits per heavy atom. The molecule has 0 aliphatic heterocycles. The molecule has 1 rings (SSSR count). The third-order valence-corrected chi connectivity index (χ3v) is 4.81. The molecule has 0 aromatic rings. The van der Waals surface area contributed by atoms with Crippen LogP contribution in [0.15, 0.2) is 0 Å². The molecule has 3 unspecified atom stereocenters. The van der Waals surface area contributed by atoms with Gasteiger partial charge in [-0.2, -0.15) is 11.8 Å². The Morgan fingerprint density at radius 3 is 2.68 bits per heavy atom. The number of urea groups is 1. The molecule has 1 fully saturated rings. The molecule has 4 nitrogen and oxygen atoms in total. The third kappa shape index (κ3) is 6.04. The van der Waals surface area contributed by atoms with E-state index in [1.54, 1.807) is 0 Å². The fourth-order valence-electron chi connectivity index (χ4n) is 2.19. The van der Waals surface area contributed by atoms with Crippen LogP contribution in [0.1, 0.15) is 47.0 Å². The molecule has 0 saturated heterocycles. The maximum absolute atomic E-state index is 11.8. The van der Waals surface area contributed by atoms with Gasteiger partial charge in [-0.05, 0) is 30.4 Å². The van der Waals surface area contributed by atoms with E-state index in [4.69, 9.17) is 0 Å². The number of aliphatic hydroxyl groups is 1. The first kappa shape index (κ1) is 16.6. The van der Waals surface area contributed by atoms with Gasteiger partial charge in [0.05, 0.1) is 6.10 Å². The second kappa shape index (κ2) is 7.39. The van der Waals surface area contributed by atoms with Crippen molar-refractivity contribution in [3.05, 3.63) is 0 Å². The van der Waals surface area contributed by atoms with Crippen molar-refractivity contribution in [3.8, 4) is 0 Å². The average Bonchev–Trinajstić information content (AvgIpc) is 2.72. The first-order chi connectivity index (χ1) is 8.82. The van der Waals surface area contributed by atoms with Crippen molar-refractivity contribution in [2.24, 2.45) is 5.41 Å². The number of nitrogens with one attached hydrogen (secondary N) is 2. The lowest BCUT2D eigenvalue weighted by molar-refractivity contribution is 0.0649. The van der Waals surface area contributed by atoms with E-state index in [0.29, 0.717) is 11.8 Å². The van der Waals surface area contributed by atoms with E-state index in [9.17, 15) is 9.90 Å². The van der Waals surface area contributed by atoms with Crippen molar-refractivity contribution >= 4 is 17.8 Å². The minimum absolute atomic E-state index is 0.157. The minimum Gasteiger partial charge on any atom is -0.391 e. The molecule has 1 aliphatic rings. The van der Waals surface area contributed by atoms with E-state index in [1.165, 1.54) is 6.42 Å². The zero-order chi connectivity index (χ0) is 14.5. The van der Waals surface area contributed by atoms with Crippen LogP contribution < -0.4 is 10.6 Å². The smallest absolute Gasteiger partial charge is 0.315 e. The number of hydrogen-bond acceptors (Lipinski definition) is 3. The maximum atomic E-state index is 11.8. The minimum atomic E-state index is -0.523. The molecule has 1 aliphatic carbocycles. The lowest BCUT2D eigenvalue weighted by Gasteiger charge is -2.26. The van der Waals surface area contributed by atoms with Crippen molar-refractivity contribution in [2.45, 2.75) is 64.4 Å². The summed E-state index contributed by atoms with van der Waals surface area (Å²) in [5.74, 6) is 1.14. The highest BCUT2D eigenvalue weighted by Gasteiger charge is 2.26. The van der Waals surface area contributed by atoms with Gasteiger partial charge in [-0.25, -0.2) is 4.79 Å². The molecule has 0 bridgehead atoms. The van der Waals surface area contributed by atoms with Crippen LogP contribution >= 0.6 is 11.8 Å². The van der Waals surface area contributed by atoms with Crippen LogP contribution in [-0.4, -0.2) is 40.8 Å². The topological polar surface area (TPSA) is 61.4 Å². The van der Waals surface area contributed by atoms with Crippen LogP contribution in [0, 0.1) is 5.41 Å². The molecular formula is C14H28N2O2S. The number of thioether (sulfide) groups is 1. The summed E-state index contributed by atoms with van der Waals surface area (Å²) < 4.78 is 0. The molecule has 2 amide bonds. The van der Waals surface area contributed by atoms with Gasteiger partial charge in [0, 0.05) is 17.8 Å². The van der Waals surface area contributed by atoms with Gasteiger partial charge in [-0.1, -0.05) is 27.7 Å². The Kier molecular flexibility index (Phi) is 6.47. The number of hydrogen-bond donors (Lipinski definition) is 3. The van der Waals surface area contributed by atoms with E-state index < -0.39 is 6.10 Å². The molecule has 19 heavy (non-hydrogen) atoms. The second-order valence-corrected chi connectivity index (χ2v) is 7.90. The average molecular weight is 288 g/mol. The molecule has 112 valence electrons. The summed E-state index contributed by atoms with van der Waals surface area (Å²) >= 11 is 1.98. The van der Waals surface area contributed by atoms with Crippen LogP contribution in [0.2, 0.25) is 0 Å². The number of aliphatic hydroxyl groups excluding tert-OH is 1. The molecule has 3 atom stereocenters. The van der Waals surface area contributed by atoms with Crippen molar-refractivity contribution in [1.29, 1.82) is 0 Å². The van der Waals surface area contributed by atoms with Crippen LogP contribution in [0.3, 0.4) is 0 Å². The number of carbonyl (C=O) groups excluding carboxylic acids is 1. The summed E-state index contributed by atoms with van der Waals surface area (Å²) in [5.41, 5.74) is -0.205. The predicted octanol–water partition coefficient (Wildman–Crippen LogP) is 2.37. The normalized spacial score (nSPS) is 25.1. The molecule has 1 saturated carbocycles. The summed E-state index contributed by atoms with van der Waals surface area (Å²) in [6, 6.07) is 0.131. The van der Waals surface area contributed by atoms with Gasteiger partial charge in [-0.3, -0.25) is 0 Å². The van der Waals surface area contributed by atoms with Gasteiger partial charge in [0.1, 0.15) is 0 Å². The van der Waals surface area contributed by atoms with Gasteiger partial charge in [0.25, 0.3) is 0 Å². The summed E-state index contributed by atoms with van der Waals surface area (Å²) in [6.45, 7) is 8.35. The Morgan fingerprint density at radius 2 is 2.11 bits per heavy atom. The van der Waals surface area contributed by atoms with Gasteiger partial charge < -0.3 is 15.7 Å². The third-order valence-electron chi connectivity index (χ3n) is 3.58. The monoisotopic (exact) mass is 288 g/mol. The van der Waals surface area contributed by atoms with Crippen LogP contribution in [0.5, 0.6) is 0 Å². The van der Waals surface area contributed by atoms with Crippen LogP contribution in [-0.2, 0) is 0 Å². The first-order valence-corrected chi connectivity index (χ1v) is 8.21. The molecule has 5 heteroatoms. The molecule has 0 heterocycles. The Hall–Kier alpha value is -0.420. The Bertz CT molecular complexity index is 292. The standard InChI is InChI=1S/C14H28N2O2S/c1-5-19-11-7-6-10(8-11)16-13(18)15-9-12(17)14(2,3)4/h10-12,17H,5-9H2,1-4H3,(H2,15,16,18). The van der Waals surface area contributed by atoms with Crippen molar-refractivity contribution in [3.63, 3.8) is 0 Å². The zero-order valence-corrected chi connectivity index (χ0v) is 13.3. The van der Waals surface area contributed by atoms with Crippen LogP contribution in [0.4, 0.5) is 4.79 Å². The van der Waals surface area contributed by atoms with E-state index >= 15 is 0 Å². The highest BCUT2D eigenvalue weighted by atomic mass is 32.2. The predicted molar refractivity (Wildman–Crippen MR) is 81.6 cm³/mol. The van der Waals surface area contributed by atoms with Crippen molar-refractivity contribution in [1.82, 2.24) is 10.6 Å². The highest BCUT2D eigenvalue weighted by molar-refractivity contribution is 7.99. The molecule has 3 N–H and O–H groups in total. The van der Waals surface area contributed by atoms with Gasteiger partial charge >= 0.3 is 6.03 Å². The molecule has 0 aromatic carbocycles. The fourth-order valence-corrected chi connectivity index (χ4v) is 3.33. The summed E-state index contributed by atoms with van der Waals surface area (Å²) in [5, 5.41) is 16.3. The summed E-state index contributed by atoms with van der Waals surface area (Å²) in [7, 11) is 0. The number of amides is 2. The number of carbonyl (C=O) groups is 1. The van der Waals surface area contributed by atoms with Gasteiger partial charge in [-0.15, -0.1) is 0 Å². The van der Waals surface area contributed by atoms with Crippen molar-refractivity contribution in [2.75, 3.05) is 12.3 Å². The maximum Gasteiger partial charge on any atom is 0.315 e. The van der Waals surface area contributed by atoms with E-state index in [2.05, 4.69) is 17.6 Å². The second-order valence-electron chi connectivity index (χ2n) is 6.32. The fraction of sp³-hybridized carbons (Fsp3) is 0.929. The summed E-state index contributed by atoms with van der Waals surface area (Å²) in [6.07, 6.45) is 2.79. The molecular weight excluding hydrogens is 260 g/mol. The lowest BCUT2D eigenvalue weighted by Crippen LogP contribution is -2.46. The van der Waals surface area contributed by atoms with Gasteiger partial charge in [0.2, 0.25) is 0 Å². The largest absolute Gasteiger partial charge is 0.391 e. The Labute approximate surface area is 121 Å². The first-order valence-electron chi connectivity index (χ1n) is 7.17. The van der Waals surface area contributed by atoms with E-state index in [0.717, 1.165) is 18.6 Å². The van der Waals surface area contributed by atoms with Gasteiger partial charge in [0.15, 0.2) is 0 Å². The van der Waals surface area contributed by atoms with Crippen molar-refractivity contribution < 1.29 is 9.90 Å². The SMILES string of the molecule is CCSC1CCC(NC(=O)NCC(O)C(C)(C)C)C1. The quantitative estimate of drug-likeness (QED) is 0.728. The Balaban J connectivity index is 2.22. The molecule has 0 aromatic heterocycles.